The first-order chi connectivity index (χ1) is 15.2. The van der Waals surface area contributed by atoms with Crippen molar-refractivity contribution in [3.63, 3.8) is 0 Å². The number of sulfonamides is 1. The number of tetrazole rings is 1. The fourth-order valence-corrected chi connectivity index (χ4v) is 6.54. The molecular formula is C21H30N6O3S2. The van der Waals surface area contributed by atoms with Gasteiger partial charge in [-0.1, -0.05) is 17.8 Å². The van der Waals surface area contributed by atoms with Crippen LogP contribution in [-0.2, 0) is 33.2 Å². The van der Waals surface area contributed by atoms with Crippen LogP contribution in [0.2, 0.25) is 0 Å². The Bertz CT molecular complexity index is 1090. The van der Waals surface area contributed by atoms with Gasteiger partial charge in [0.25, 0.3) is 0 Å². The number of rotatable bonds is 5. The first-order valence-electron chi connectivity index (χ1n) is 11.0. The molecule has 1 aromatic heterocycles. The van der Waals surface area contributed by atoms with E-state index in [1.54, 1.807) is 15.6 Å². The van der Waals surface area contributed by atoms with E-state index >= 15 is 0 Å². The molecule has 0 atom stereocenters. The summed E-state index contributed by atoms with van der Waals surface area (Å²) in [4.78, 5) is 14.8. The van der Waals surface area contributed by atoms with Crippen LogP contribution < -0.4 is 0 Å². The van der Waals surface area contributed by atoms with Gasteiger partial charge in [-0.25, -0.2) is 13.1 Å². The van der Waals surface area contributed by atoms with Gasteiger partial charge in [-0.2, -0.15) is 4.31 Å². The van der Waals surface area contributed by atoms with Crippen LogP contribution in [0.4, 0.5) is 0 Å². The Morgan fingerprint density at radius 1 is 1.06 bits per heavy atom. The SMILES string of the molecule is CC(C)(C)n1nnnc1SCC(=O)N1CCN(S(=O)(=O)c2ccc3c(c2)CCCC3)CC1. The zero-order chi connectivity index (χ0) is 22.9. The molecule has 1 aliphatic heterocycles. The standard InChI is InChI=1S/C21H30N6O3S2/c1-21(2,3)27-20(22-23-24-27)31-15-19(28)25-10-12-26(13-11-25)32(29,30)18-9-8-16-6-4-5-7-17(16)14-18/h8-9,14H,4-7,10-13,15H2,1-3H3. The fraction of sp³-hybridized carbons (Fsp3) is 0.619. The molecule has 1 aliphatic carbocycles. The highest BCUT2D eigenvalue weighted by Crippen LogP contribution is 2.26. The maximum atomic E-state index is 13.2. The Hall–Kier alpha value is -1.98. The predicted molar refractivity (Wildman–Crippen MR) is 122 cm³/mol. The second kappa shape index (κ2) is 9.11. The third kappa shape index (κ3) is 4.84. The molecule has 2 aromatic rings. The molecule has 0 bridgehead atoms. The number of fused-ring (bicyclic) bond motifs is 1. The van der Waals surface area contributed by atoms with Crippen LogP contribution in [0.3, 0.4) is 0 Å². The van der Waals surface area contributed by atoms with Gasteiger partial charge in [0.2, 0.25) is 21.1 Å². The van der Waals surface area contributed by atoms with Crippen LogP contribution in [0.5, 0.6) is 0 Å². The van der Waals surface area contributed by atoms with Gasteiger partial charge in [-0.3, -0.25) is 4.79 Å². The summed E-state index contributed by atoms with van der Waals surface area (Å²) >= 11 is 1.30. The van der Waals surface area contributed by atoms with E-state index in [2.05, 4.69) is 15.5 Å². The summed E-state index contributed by atoms with van der Waals surface area (Å²) in [7, 11) is -3.55. The maximum Gasteiger partial charge on any atom is 0.243 e. The molecule has 0 unspecified atom stereocenters. The topological polar surface area (TPSA) is 101 Å². The van der Waals surface area contributed by atoms with Gasteiger partial charge < -0.3 is 4.90 Å². The number of carbonyl (C=O) groups is 1. The molecular weight excluding hydrogens is 448 g/mol. The Kier molecular flexibility index (Phi) is 6.60. The van der Waals surface area contributed by atoms with E-state index in [1.165, 1.54) is 28.1 Å². The minimum absolute atomic E-state index is 0.0377. The number of amides is 1. The third-order valence-corrected chi connectivity index (χ3v) is 8.75. The first kappa shape index (κ1) is 23.2. The van der Waals surface area contributed by atoms with Crippen LogP contribution in [-0.4, -0.2) is 75.7 Å². The maximum absolute atomic E-state index is 13.2. The smallest absolute Gasteiger partial charge is 0.243 e. The molecule has 174 valence electrons. The van der Waals surface area contributed by atoms with Crippen LogP contribution in [0, 0.1) is 0 Å². The van der Waals surface area contributed by atoms with Crippen molar-refractivity contribution in [3.8, 4) is 0 Å². The number of thioether (sulfide) groups is 1. The zero-order valence-corrected chi connectivity index (χ0v) is 20.5. The van der Waals surface area contributed by atoms with E-state index in [-0.39, 0.29) is 17.2 Å². The van der Waals surface area contributed by atoms with Gasteiger partial charge in [-0.05, 0) is 80.1 Å². The summed E-state index contributed by atoms with van der Waals surface area (Å²) in [6, 6.07) is 5.54. The summed E-state index contributed by atoms with van der Waals surface area (Å²) in [6.45, 7) is 7.36. The Morgan fingerprint density at radius 3 is 2.44 bits per heavy atom. The van der Waals surface area contributed by atoms with Crippen molar-refractivity contribution in [1.82, 2.24) is 29.4 Å². The first-order valence-corrected chi connectivity index (χ1v) is 13.4. The van der Waals surface area contributed by atoms with E-state index < -0.39 is 10.0 Å². The number of benzene rings is 1. The number of carbonyl (C=O) groups excluding carboxylic acids is 1. The van der Waals surface area contributed by atoms with Crippen molar-refractivity contribution in [1.29, 1.82) is 0 Å². The van der Waals surface area contributed by atoms with Crippen molar-refractivity contribution in [3.05, 3.63) is 29.3 Å². The van der Waals surface area contributed by atoms with Gasteiger partial charge in [0.15, 0.2) is 0 Å². The van der Waals surface area contributed by atoms with Crippen LogP contribution >= 0.6 is 11.8 Å². The Morgan fingerprint density at radius 2 is 1.75 bits per heavy atom. The molecule has 1 aromatic carbocycles. The van der Waals surface area contributed by atoms with Crippen molar-refractivity contribution < 1.29 is 13.2 Å². The predicted octanol–water partition coefficient (Wildman–Crippen LogP) is 1.93. The minimum Gasteiger partial charge on any atom is -0.339 e. The highest BCUT2D eigenvalue weighted by atomic mass is 32.2. The van der Waals surface area contributed by atoms with E-state index in [9.17, 15) is 13.2 Å². The van der Waals surface area contributed by atoms with E-state index in [0.717, 1.165) is 24.8 Å². The highest BCUT2D eigenvalue weighted by Gasteiger charge is 2.31. The number of hydrogen-bond donors (Lipinski definition) is 0. The van der Waals surface area contributed by atoms with Gasteiger partial charge in [-0.15, -0.1) is 5.10 Å². The van der Waals surface area contributed by atoms with E-state index in [4.69, 9.17) is 0 Å². The largest absolute Gasteiger partial charge is 0.339 e. The summed E-state index contributed by atoms with van der Waals surface area (Å²) in [6.07, 6.45) is 4.24. The molecule has 1 amide bonds. The van der Waals surface area contributed by atoms with Crippen LogP contribution in [0.1, 0.15) is 44.7 Å². The summed E-state index contributed by atoms with van der Waals surface area (Å²) in [5.74, 6) is 0.179. The van der Waals surface area contributed by atoms with Crippen molar-refractivity contribution in [2.75, 3.05) is 31.9 Å². The second-order valence-electron chi connectivity index (χ2n) is 9.26. The number of aromatic nitrogens is 4. The molecule has 1 fully saturated rings. The average Bonchev–Trinajstić information content (AvgIpc) is 3.26. The van der Waals surface area contributed by atoms with Crippen molar-refractivity contribution in [2.45, 2.75) is 62.0 Å². The lowest BCUT2D eigenvalue weighted by Gasteiger charge is -2.34. The quantitative estimate of drug-likeness (QED) is 0.605. The van der Waals surface area contributed by atoms with Gasteiger partial charge in [0.05, 0.1) is 16.2 Å². The van der Waals surface area contributed by atoms with Crippen LogP contribution in [0.15, 0.2) is 28.3 Å². The summed E-state index contributed by atoms with van der Waals surface area (Å²) in [5.41, 5.74) is 2.15. The highest BCUT2D eigenvalue weighted by molar-refractivity contribution is 7.99. The molecule has 9 nitrogen and oxygen atoms in total. The molecule has 32 heavy (non-hydrogen) atoms. The lowest BCUT2D eigenvalue weighted by Crippen LogP contribution is -2.51. The normalized spacial score (nSPS) is 17.9. The molecule has 11 heteroatoms. The molecule has 0 saturated carbocycles. The zero-order valence-electron chi connectivity index (χ0n) is 18.8. The van der Waals surface area contributed by atoms with E-state index in [0.29, 0.717) is 36.2 Å². The number of aryl methyl sites for hydroxylation is 2. The third-order valence-electron chi connectivity index (χ3n) is 5.95. The van der Waals surface area contributed by atoms with Crippen molar-refractivity contribution in [2.24, 2.45) is 0 Å². The average molecular weight is 479 g/mol. The van der Waals surface area contributed by atoms with Crippen LogP contribution in [0.25, 0.3) is 0 Å². The number of piperazine rings is 1. The molecule has 2 aliphatic rings. The summed E-state index contributed by atoms with van der Waals surface area (Å²) < 4.78 is 29.5. The van der Waals surface area contributed by atoms with Gasteiger partial charge in [0.1, 0.15) is 0 Å². The summed E-state index contributed by atoms with van der Waals surface area (Å²) in [5, 5.41) is 12.3. The molecule has 0 spiro atoms. The molecule has 1 saturated heterocycles. The fourth-order valence-electron chi connectivity index (χ4n) is 4.10. The van der Waals surface area contributed by atoms with Gasteiger partial charge in [0, 0.05) is 26.2 Å². The number of nitrogens with zero attached hydrogens (tertiary/aromatic N) is 6. The number of hydrogen-bond acceptors (Lipinski definition) is 7. The molecule has 0 radical (unpaired) electrons. The minimum atomic E-state index is -3.55. The Labute approximate surface area is 193 Å². The molecule has 2 heterocycles. The lowest BCUT2D eigenvalue weighted by atomic mass is 9.92. The van der Waals surface area contributed by atoms with Crippen molar-refractivity contribution >= 4 is 27.7 Å². The molecule has 0 N–H and O–H groups in total. The molecule has 4 rings (SSSR count). The van der Waals surface area contributed by atoms with Gasteiger partial charge >= 0.3 is 0 Å². The lowest BCUT2D eigenvalue weighted by molar-refractivity contribution is -0.129. The second-order valence-corrected chi connectivity index (χ2v) is 12.1. The monoisotopic (exact) mass is 478 g/mol. The Balaban J connectivity index is 1.34. The van der Waals surface area contributed by atoms with E-state index in [1.807, 2.05) is 32.9 Å².